The number of nitrogens with zero attached hydrogens (tertiary/aromatic N) is 2. The second-order valence-electron chi connectivity index (χ2n) is 4.74. The third-order valence-electron chi connectivity index (χ3n) is 2.03. The van der Waals surface area contributed by atoms with E-state index in [2.05, 4.69) is 10.3 Å². The molecule has 0 aliphatic carbocycles. The van der Waals surface area contributed by atoms with E-state index in [1.165, 1.54) is 0 Å². The van der Waals surface area contributed by atoms with Gasteiger partial charge in [-0.05, 0) is 32.9 Å². The number of pyridine rings is 1. The Kier molecular flexibility index (Phi) is 2.75. The van der Waals surface area contributed by atoms with Gasteiger partial charge in [-0.15, -0.1) is 0 Å². The highest BCUT2D eigenvalue weighted by molar-refractivity contribution is 5.84. The van der Waals surface area contributed by atoms with Gasteiger partial charge < -0.3 is 9.14 Å². The number of nitrogens with one attached hydrogen (secondary N) is 1. The number of hydrogen-bond acceptors (Lipinski definition) is 3. The van der Waals surface area contributed by atoms with Crippen molar-refractivity contribution in [2.24, 2.45) is 0 Å². The largest absolute Gasteiger partial charge is 0.444 e. The lowest BCUT2D eigenvalue weighted by Gasteiger charge is -2.19. The number of imidazole rings is 1. The molecule has 1 amide bonds. The Morgan fingerprint density at radius 2 is 2.18 bits per heavy atom. The molecule has 2 heterocycles. The molecule has 0 aliphatic rings. The average Bonchev–Trinajstić information content (AvgIpc) is 2.61. The molecule has 1 N–H and O–H groups in total. The smallest absolute Gasteiger partial charge is 0.412 e. The summed E-state index contributed by atoms with van der Waals surface area (Å²) < 4.78 is 6.99. The third kappa shape index (κ3) is 2.96. The molecule has 0 fully saturated rings. The molecule has 5 nitrogen and oxygen atoms in total. The van der Waals surface area contributed by atoms with Gasteiger partial charge in [0, 0.05) is 18.6 Å². The fraction of sp³-hybridized carbons (Fsp3) is 0.333. The summed E-state index contributed by atoms with van der Waals surface area (Å²) in [6.45, 7) is 5.48. The number of amides is 1. The monoisotopic (exact) mass is 233 g/mol. The van der Waals surface area contributed by atoms with Crippen LogP contribution in [-0.2, 0) is 4.74 Å². The molecule has 2 aromatic rings. The fourth-order valence-electron chi connectivity index (χ4n) is 1.42. The molecule has 0 unspecified atom stereocenters. The first-order valence-electron chi connectivity index (χ1n) is 5.37. The Morgan fingerprint density at radius 3 is 2.88 bits per heavy atom. The number of carbonyl (C=O) groups excluding carboxylic acids is 1. The minimum Gasteiger partial charge on any atom is -0.444 e. The topological polar surface area (TPSA) is 55.6 Å². The van der Waals surface area contributed by atoms with Crippen molar-refractivity contribution in [3.8, 4) is 0 Å². The van der Waals surface area contributed by atoms with Gasteiger partial charge in [0.1, 0.15) is 11.2 Å². The van der Waals surface area contributed by atoms with E-state index < -0.39 is 11.7 Å². The summed E-state index contributed by atoms with van der Waals surface area (Å²) in [5.74, 6) is 0. The summed E-state index contributed by atoms with van der Waals surface area (Å²) in [6.07, 6.45) is 4.84. The summed E-state index contributed by atoms with van der Waals surface area (Å²) >= 11 is 0. The number of anilines is 1. The Hall–Kier alpha value is -2.04. The van der Waals surface area contributed by atoms with Gasteiger partial charge in [0.2, 0.25) is 0 Å². The number of rotatable bonds is 1. The summed E-state index contributed by atoms with van der Waals surface area (Å²) in [5, 5.41) is 2.67. The Balaban J connectivity index is 2.10. The molecule has 0 saturated heterocycles. The van der Waals surface area contributed by atoms with Gasteiger partial charge in [-0.2, -0.15) is 0 Å². The van der Waals surface area contributed by atoms with E-state index in [0.717, 1.165) is 5.65 Å². The zero-order chi connectivity index (χ0) is 12.5. The van der Waals surface area contributed by atoms with Crippen LogP contribution in [0.3, 0.4) is 0 Å². The number of fused-ring (bicyclic) bond motifs is 1. The minimum absolute atomic E-state index is 0.461. The fourth-order valence-corrected chi connectivity index (χ4v) is 1.42. The van der Waals surface area contributed by atoms with Gasteiger partial charge >= 0.3 is 6.09 Å². The highest BCUT2D eigenvalue weighted by Gasteiger charge is 2.16. The van der Waals surface area contributed by atoms with Gasteiger partial charge in [-0.25, -0.2) is 9.78 Å². The molecule has 0 spiro atoms. The van der Waals surface area contributed by atoms with Gasteiger partial charge in [-0.3, -0.25) is 5.32 Å². The molecular formula is C12H15N3O2. The molecule has 0 atom stereocenters. The highest BCUT2D eigenvalue weighted by Crippen LogP contribution is 2.12. The van der Waals surface area contributed by atoms with E-state index in [4.69, 9.17) is 4.74 Å². The summed E-state index contributed by atoms with van der Waals surface area (Å²) in [4.78, 5) is 15.7. The van der Waals surface area contributed by atoms with Crippen LogP contribution >= 0.6 is 0 Å². The number of ether oxygens (including phenoxy) is 1. The van der Waals surface area contributed by atoms with Crippen LogP contribution in [-0.4, -0.2) is 21.1 Å². The number of aromatic nitrogens is 2. The molecule has 2 rings (SSSR count). The van der Waals surface area contributed by atoms with E-state index in [1.54, 1.807) is 18.5 Å². The second kappa shape index (κ2) is 4.08. The Bertz CT molecular complexity index is 540. The van der Waals surface area contributed by atoms with E-state index >= 15 is 0 Å². The maximum absolute atomic E-state index is 11.5. The lowest BCUT2D eigenvalue weighted by molar-refractivity contribution is 0.0636. The second-order valence-corrected chi connectivity index (χ2v) is 4.74. The van der Waals surface area contributed by atoms with Gasteiger partial charge in [-0.1, -0.05) is 0 Å². The van der Waals surface area contributed by atoms with Crippen LogP contribution in [0.25, 0.3) is 5.65 Å². The standard InChI is InChI=1S/C12H15N3O2/c1-12(2,3)17-11(16)14-9-4-5-10-13-6-7-15(10)8-9/h4-8H,1-3H3,(H,14,16). The quantitative estimate of drug-likeness (QED) is 0.823. The van der Waals surface area contributed by atoms with Crippen LogP contribution < -0.4 is 5.32 Å². The highest BCUT2D eigenvalue weighted by atomic mass is 16.6. The number of hydrogen-bond donors (Lipinski definition) is 1. The molecule has 17 heavy (non-hydrogen) atoms. The first-order valence-corrected chi connectivity index (χ1v) is 5.37. The molecule has 0 radical (unpaired) electrons. The van der Waals surface area contributed by atoms with Crippen LogP contribution in [0.4, 0.5) is 10.5 Å². The van der Waals surface area contributed by atoms with Crippen LogP contribution in [0.1, 0.15) is 20.8 Å². The molecule has 0 saturated carbocycles. The van der Waals surface area contributed by atoms with Crippen LogP contribution in [0, 0.1) is 0 Å². The zero-order valence-electron chi connectivity index (χ0n) is 10.1. The van der Waals surface area contributed by atoms with Gasteiger partial charge in [0.25, 0.3) is 0 Å². The Labute approximate surface area is 99.4 Å². The summed E-state index contributed by atoms with van der Waals surface area (Å²) in [6, 6.07) is 3.61. The van der Waals surface area contributed by atoms with E-state index in [-0.39, 0.29) is 0 Å². The summed E-state index contributed by atoms with van der Waals surface area (Å²) in [7, 11) is 0. The molecular weight excluding hydrogens is 218 g/mol. The van der Waals surface area contributed by atoms with Crippen LogP contribution in [0.2, 0.25) is 0 Å². The van der Waals surface area contributed by atoms with Crippen LogP contribution in [0.5, 0.6) is 0 Å². The lowest BCUT2D eigenvalue weighted by atomic mass is 10.2. The van der Waals surface area contributed by atoms with Crippen molar-refractivity contribution in [2.75, 3.05) is 5.32 Å². The molecule has 0 aliphatic heterocycles. The van der Waals surface area contributed by atoms with Crippen molar-refractivity contribution in [3.05, 3.63) is 30.7 Å². The predicted molar refractivity (Wildman–Crippen MR) is 65.0 cm³/mol. The normalized spacial score (nSPS) is 11.5. The lowest BCUT2D eigenvalue weighted by Crippen LogP contribution is -2.27. The van der Waals surface area contributed by atoms with Crippen molar-refractivity contribution in [3.63, 3.8) is 0 Å². The molecule has 0 bridgehead atoms. The van der Waals surface area contributed by atoms with Crippen molar-refractivity contribution in [1.29, 1.82) is 0 Å². The molecule has 0 aromatic carbocycles. The van der Waals surface area contributed by atoms with Crippen molar-refractivity contribution in [1.82, 2.24) is 9.38 Å². The SMILES string of the molecule is CC(C)(C)OC(=O)Nc1ccc2nccn2c1. The van der Waals surface area contributed by atoms with Gasteiger partial charge in [0.15, 0.2) is 0 Å². The van der Waals surface area contributed by atoms with Crippen LogP contribution in [0.15, 0.2) is 30.7 Å². The molecule has 5 heteroatoms. The van der Waals surface area contributed by atoms with E-state index in [9.17, 15) is 4.79 Å². The zero-order valence-corrected chi connectivity index (χ0v) is 10.1. The van der Waals surface area contributed by atoms with Gasteiger partial charge in [0.05, 0.1) is 5.69 Å². The summed E-state index contributed by atoms with van der Waals surface area (Å²) in [5.41, 5.74) is 1.01. The third-order valence-corrected chi connectivity index (χ3v) is 2.03. The first kappa shape index (κ1) is 11.4. The average molecular weight is 233 g/mol. The minimum atomic E-state index is -0.497. The van der Waals surface area contributed by atoms with Crippen molar-refractivity contribution in [2.45, 2.75) is 26.4 Å². The molecule has 2 aromatic heterocycles. The van der Waals surface area contributed by atoms with Crippen molar-refractivity contribution >= 4 is 17.4 Å². The van der Waals surface area contributed by atoms with Crippen molar-refractivity contribution < 1.29 is 9.53 Å². The first-order chi connectivity index (χ1) is 7.94. The Morgan fingerprint density at radius 1 is 1.41 bits per heavy atom. The van der Waals surface area contributed by atoms with E-state index in [0.29, 0.717) is 5.69 Å². The predicted octanol–water partition coefficient (Wildman–Crippen LogP) is 2.68. The molecule has 90 valence electrons. The number of carbonyl (C=O) groups is 1. The maximum atomic E-state index is 11.5. The maximum Gasteiger partial charge on any atom is 0.412 e. The van der Waals surface area contributed by atoms with E-state index in [1.807, 2.05) is 37.4 Å².